The molecule has 0 heterocycles. The molecule has 0 aliphatic carbocycles. The van der Waals surface area contributed by atoms with Gasteiger partial charge in [-0.15, -0.1) is 0 Å². The average Bonchev–Trinajstić information content (AvgIpc) is 2.27. The molecule has 16 heavy (non-hydrogen) atoms. The monoisotopic (exact) mass is 252 g/mol. The van der Waals surface area contributed by atoms with Gasteiger partial charge in [0.2, 0.25) is 0 Å². The molecule has 4 heteroatoms. The first kappa shape index (κ1) is 11.1. The van der Waals surface area contributed by atoms with Crippen LogP contribution in [0.4, 0.5) is 17.1 Å². The quantitative estimate of drug-likeness (QED) is 0.782. The van der Waals surface area contributed by atoms with Gasteiger partial charge in [0, 0.05) is 5.69 Å². The van der Waals surface area contributed by atoms with Crippen LogP contribution in [0.3, 0.4) is 0 Å². The Balaban J connectivity index is 2.32. The van der Waals surface area contributed by atoms with Crippen molar-refractivity contribution in [2.75, 3.05) is 11.1 Å². The average molecular weight is 253 g/mol. The number of hydrogen-bond donors (Lipinski definition) is 2. The number of hydrogen-bond acceptors (Lipinski definition) is 2. The molecular weight excluding hydrogens is 243 g/mol. The highest BCUT2D eigenvalue weighted by Gasteiger charge is 2.04. The molecular formula is C12H10Cl2N2. The van der Waals surface area contributed by atoms with E-state index in [9.17, 15) is 0 Å². The van der Waals surface area contributed by atoms with Gasteiger partial charge >= 0.3 is 0 Å². The van der Waals surface area contributed by atoms with Crippen molar-refractivity contribution in [3.05, 3.63) is 52.5 Å². The number of benzene rings is 2. The molecule has 0 spiro atoms. The van der Waals surface area contributed by atoms with Crippen molar-refractivity contribution in [2.45, 2.75) is 0 Å². The normalized spacial score (nSPS) is 10.1. The SMILES string of the molecule is Nc1cc(Cl)c(Cl)cc1Nc1ccccc1. The predicted octanol–water partition coefficient (Wildman–Crippen LogP) is 4.32. The van der Waals surface area contributed by atoms with Crippen LogP contribution in [0.25, 0.3) is 0 Å². The zero-order valence-corrected chi connectivity index (χ0v) is 9.89. The summed E-state index contributed by atoms with van der Waals surface area (Å²) < 4.78 is 0. The Kier molecular flexibility index (Phi) is 3.22. The number of nitrogens with two attached hydrogens (primary N) is 1. The van der Waals surface area contributed by atoms with Crippen LogP contribution >= 0.6 is 23.2 Å². The summed E-state index contributed by atoms with van der Waals surface area (Å²) in [4.78, 5) is 0. The van der Waals surface area contributed by atoms with Gasteiger partial charge in [-0.2, -0.15) is 0 Å². The van der Waals surface area contributed by atoms with Crippen molar-refractivity contribution in [3.8, 4) is 0 Å². The van der Waals surface area contributed by atoms with E-state index in [4.69, 9.17) is 28.9 Å². The number of anilines is 3. The second-order valence-electron chi connectivity index (χ2n) is 3.34. The van der Waals surface area contributed by atoms with Gasteiger partial charge in [-0.3, -0.25) is 0 Å². The first-order chi connectivity index (χ1) is 7.66. The Morgan fingerprint density at radius 1 is 0.938 bits per heavy atom. The van der Waals surface area contributed by atoms with Gasteiger partial charge in [-0.25, -0.2) is 0 Å². The fourth-order valence-corrected chi connectivity index (χ4v) is 1.68. The molecule has 0 saturated heterocycles. The molecule has 0 amide bonds. The third kappa shape index (κ3) is 2.40. The zero-order valence-electron chi connectivity index (χ0n) is 8.37. The Morgan fingerprint density at radius 2 is 1.56 bits per heavy atom. The molecule has 2 aromatic carbocycles. The van der Waals surface area contributed by atoms with E-state index in [1.165, 1.54) is 0 Å². The maximum atomic E-state index is 5.92. The smallest absolute Gasteiger partial charge is 0.0633 e. The van der Waals surface area contributed by atoms with E-state index >= 15 is 0 Å². The molecule has 0 unspecified atom stereocenters. The van der Waals surface area contributed by atoms with E-state index in [2.05, 4.69) is 5.32 Å². The number of halogens is 2. The molecule has 0 saturated carbocycles. The summed E-state index contributed by atoms with van der Waals surface area (Å²) in [5.74, 6) is 0. The van der Waals surface area contributed by atoms with Crippen LogP contribution in [0.2, 0.25) is 10.0 Å². The zero-order chi connectivity index (χ0) is 11.5. The molecule has 2 rings (SSSR count). The lowest BCUT2D eigenvalue weighted by atomic mass is 10.2. The molecule has 0 radical (unpaired) electrons. The summed E-state index contributed by atoms with van der Waals surface area (Å²) in [6.07, 6.45) is 0. The van der Waals surface area contributed by atoms with Crippen LogP contribution in [0.1, 0.15) is 0 Å². The van der Waals surface area contributed by atoms with E-state index in [0.29, 0.717) is 15.7 Å². The van der Waals surface area contributed by atoms with Crippen LogP contribution in [-0.2, 0) is 0 Å². The number of para-hydroxylation sites is 1. The lowest BCUT2D eigenvalue weighted by Gasteiger charge is -2.10. The molecule has 0 atom stereocenters. The largest absolute Gasteiger partial charge is 0.397 e. The number of rotatable bonds is 2. The minimum atomic E-state index is 0.456. The van der Waals surface area contributed by atoms with E-state index in [1.807, 2.05) is 30.3 Å². The van der Waals surface area contributed by atoms with Gasteiger partial charge in [-0.1, -0.05) is 41.4 Å². The molecule has 82 valence electrons. The first-order valence-electron chi connectivity index (χ1n) is 4.73. The van der Waals surface area contributed by atoms with Gasteiger partial charge in [-0.05, 0) is 24.3 Å². The highest BCUT2D eigenvalue weighted by molar-refractivity contribution is 6.42. The molecule has 0 aromatic heterocycles. The second-order valence-corrected chi connectivity index (χ2v) is 4.16. The van der Waals surface area contributed by atoms with Gasteiger partial charge in [0.15, 0.2) is 0 Å². The van der Waals surface area contributed by atoms with Gasteiger partial charge in [0.05, 0.1) is 21.4 Å². The summed E-state index contributed by atoms with van der Waals surface area (Å²) in [5, 5.41) is 4.11. The maximum Gasteiger partial charge on any atom is 0.0633 e. The summed E-state index contributed by atoms with van der Waals surface area (Å²) in [5.41, 5.74) is 8.10. The fraction of sp³-hybridized carbons (Fsp3) is 0. The number of nitrogen functional groups attached to an aromatic ring is 1. The van der Waals surface area contributed by atoms with Crippen LogP contribution in [0.5, 0.6) is 0 Å². The molecule has 2 nitrogen and oxygen atoms in total. The summed E-state index contributed by atoms with van der Waals surface area (Å²) in [6, 6.07) is 13.1. The fourth-order valence-electron chi connectivity index (χ4n) is 1.35. The summed E-state index contributed by atoms with van der Waals surface area (Å²) >= 11 is 11.8. The lowest BCUT2D eigenvalue weighted by Crippen LogP contribution is -1.96. The van der Waals surface area contributed by atoms with Crippen molar-refractivity contribution in [3.63, 3.8) is 0 Å². The highest BCUT2D eigenvalue weighted by atomic mass is 35.5. The van der Waals surface area contributed by atoms with Crippen molar-refractivity contribution in [1.29, 1.82) is 0 Å². The molecule has 0 aliphatic heterocycles. The van der Waals surface area contributed by atoms with Crippen LogP contribution in [0, 0.1) is 0 Å². The van der Waals surface area contributed by atoms with Gasteiger partial charge in [0.1, 0.15) is 0 Å². The van der Waals surface area contributed by atoms with E-state index in [0.717, 1.165) is 11.4 Å². The van der Waals surface area contributed by atoms with E-state index in [-0.39, 0.29) is 0 Å². The van der Waals surface area contributed by atoms with Gasteiger partial charge in [0.25, 0.3) is 0 Å². The lowest BCUT2D eigenvalue weighted by molar-refractivity contribution is 1.55. The Morgan fingerprint density at radius 3 is 2.25 bits per heavy atom. The molecule has 3 N–H and O–H groups in total. The van der Waals surface area contributed by atoms with Crippen molar-refractivity contribution >= 4 is 40.3 Å². The third-order valence-corrected chi connectivity index (χ3v) is 2.87. The standard InChI is InChI=1S/C12H10Cl2N2/c13-9-6-11(15)12(7-10(9)14)16-8-4-2-1-3-5-8/h1-7,16H,15H2. The van der Waals surface area contributed by atoms with Crippen LogP contribution in [-0.4, -0.2) is 0 Å². The minimum absolute atomic E-state index is 0.456. The third-order valence-electron chi connectivity index (χ3n) is 2.15. The first-order valence-corrected chi connectivity index (χ1v) is 5.49. The van der Waals surface area contributed by atoms with Crippen LogP contribution < -0.4 is 11.1 Å². The van der Waals surface area contributed by atoms with E-state index < -0.39 is 0 Å². The van der Waals surface area contributed by atoms with Crippen molar-refractivity contribution in [2.24, 2.45) is 0 Å². The maximum absolute atomic E-state index is 5.92. The van der Waals surface area contributed by atoms with Crippen molar-refractivity contribution < 1.29 is 0 Å². The molecule has 0 bridgehead atoms. The Labute approximate surface area is 104 Å². The summed E-state index contributed by atoms with van der Waals surface area (Å²) in [7, 11) is 0. The Bertz CT molecular complexity index is 498. The molecule has 0 aliphatic rings. The minimum Gasteiger partial charge on any atom is -0.397 e. The predicted molar refractivity (Wildman–Crippen MR) is 70.6 cm³/mol. The highest BCUT2D eigenvalue weighted by Crippen LogP contribution is 2.32. The van der Waals surface area contributed by atoms with Crippen molar-refractivity contribution in [1.82, 2.24) is 0 Å². The summed E-state index contributed by atoms with van der Waals surface area (Å²) in [6.45, 7) is 0. The Hall–Kier alpha value is -1.38. The molecule has 2 aromatic rings. The number of nitrogens with one attached hydrogen (secondary N) is 1. The van der Waals surface area contributed by atoms with Gasteiger partial charge < -0.3 is 11.1 Å². The molecule has 0 fully saturated rings. The second kappa shape index (κ2) is 4.64. The van der Waals surface area contributed by atoms with Crippen LogP contribution in [0.15, 0.2) is 42.5 Å². The topological polar surface area (TPSA) is 38.0 Å². The van der Waals surface area contributed by atoms with E-state index in [1.54, 1.807) is 12.1 Å².